The van der Waals surface area contributed by atoms with E-state index in [0.717, 1.165) is 64.8 Å². The highest BCUT2D eigenvalue weighted by molar-refractivity contribution is 7.21. The third kappa shape index (κ3) is 4.93. The van der Waals surface area contributed by atoms with E-state index in [4.69, 9.17) is 24.4 Å². The largest absolute Gasteiger partial charge is 0.455 e. The Labute approximate surface area is 291 Å². The maximum Gasteiger partial charge on any atom is 0.167 e. The van der Waals surface area contributed by atoms with Gasteiger partial charge in [0.2, 0.25) is 0 Å². The van der Waals surface area contributed by atoms with Gasteiger partial charge in [0.05, 0.1) is 15.8 Å². The fraction of sp³-hybridized carbons (Fsp3) is 0. The summed E-state index contributed by atoms with van der Waals surface area (Å²) in [4.78, 5) is 20.1. The van der Waals surface area contributed by atoms with Gasteiger partial charge in [0.25, 0.3) is 0 Å². The molecule has 0 amide bonds. The van der Waals surface area contributed by atoms with Crippen molar-refractivity contribution in [2.45, 2.75) is 0 Å². The fourth-order valence-corrected chi connectivity index (χ4v) is 7.61. The maximum absolute atomic E-state index is 6.65. The average molecular weight is 659 g/mol. The first-order valence-corrected chi connectivity index (χ1v) is 17.3. The van der Waals surface area contributed by atoms with Crippen LogP contribution in [-0.2, 0) is 0 Å². The first-order chi connectivity index (χ1) is 24.7. The molecule has 0 fully saturated rings. The van der Waals surface area contributed by atoms with Crippen LogP contribution in [0.4, 0.5) is 0 Å². The monoisotopic (exact) mass is 658 g/mol. The molecule has 0 aliphatic rings. The Hall–Kier alpha value is -6.50. The Morgan fingerprint density at radius 1 is 0.420 bits per heavy atom. The average Bonchev–Trinajstić information content (AvgIpc) is 3.78. The van der Waals surface area contributed by atoms with Gasteiger partial charge in [0.15, 0.2) is 17.5 Å². The van der Waals surface area contributed by atoms with Gasteiger partial charge >= 0.3 is 0 Å². The van der Waals surface area contributed by atoms with Crippen molar-refractivity contribution < 1.29 is 4.42 Å². The molecule has 5 nitrogen and oxygen atoms in total. The molecule has 10 aromatic rings. The number of hydrogen-bond acceptors (Lipinski definition) is 6. The molecule has 0 aliphatic carbocycles. The molecule has 6 heteroatoms. The molecule has 0 spiro atoms. The second-order valence-electron chi connectivity index (χ2n) is 12.3. The van der Waals surface area contributed by atoms with E-state index in [1.807, 2.05) is 60.7 Å². The van der Waals surface area contributed by atoms with Gasteiger partial charge in [-0.3, -0.25) is 0 Å². The van der Waals surface area contributed by atoms with Gasteiger partial charge in [-0.25, -0.2) is 19.9 Å². The molecule has 0 aliphatic heterocycles. The number of fused-ring (bicyclic) bond motifs is 5. The number of para-hydroxylation sites is 1. The molecule has 0 bridgehead atoms. The summed E-state index contributed by atoms with van der Waals surface area (Å²) >= 11 is 1.67. The van der Waals surface area contributed by atoms with Crippen LogP contribution in [0.25, 0.3) is 98.8 Å². The summed E-state index contributed by atoms with van der Waals surface area (Å²) in [6, 6.07) is 54.1. The normalized spacial score (nSPS) is 11.6. The zero-order valence-corrected chi connectivity index (χ0v) is 27.4. The zero-order chi connectivity index (χ0) is 33.0. The SMILES string of the molecule is c1ccc(-c2ccc(-c3nc4cc5c(cc4s3)oc3c(-c4nc(-c6ccccc6)nc(-c6ccc7ccccc7c6)n4)cccc35)cc2)cc1. The number of hydrogen-bond donors (Lipinski definition) is 0. The number of thiazole rings is 1. The van der Waals surface area contributed by atoms with Crippen molar-refractivity contribution in [1.82, 2.24) is 19.9 Å². The summed E-state index contributed by atoms with van der Waals surface area (Å²) in [5.74, 6) is 1.79. The molecule has 50 heavy (non-hydrogen) atoms. The lowest BCUT2D eigenvalue weighted by atomic mass is 10.0. The Morgan fingerprint density at radius 3 is 1.86 bits per heavy atom. The predicted octanol–water partition coefficient (Wildman–Crippen LogP) is 11.9. The van der Waals surface area contributed by atoms with E-state index >= 15 is 0 Å². The van der Waals surface area contributed by atoms with E-state index in [9.17, 15) is 0 Å². The van der Waals surface area contributed by atoms with Crippen LogP contribution in [0, 0.1) is 0 Å². The van der Waals surface area contributed by atoms with Crippen LogP contribution in [0.15, 0.2) is 162 Å². The minimum atomic E-state index is 0.563. The fourth-order valence-electron chi connectivity index (χ4n) is 6.62. The Morgan fingerprint density at radius 2 is 1.06 bits per heavy atom. The number of nitrogens with zero attached hydrogens (tertiary/aromatic N) is 4. The van der Waals surface area contributed by atoms with Crippen LogP contribution < -0.4 is 0 Å². The van der Waals surface area contributed by atoms with E-state index < -0.39 is 0 Å². The predicted molar refractivity (Wildman–Crippen MR) is 205 cm³/mol. The molecule has 3 aromatic heterocycles. The summed E-state index contributed by atoms with van der Waals surface area (Å²) in [5.41, 5.74) is 8.65. The summed E-state index contributed by atoms with van der Waals surface area (Å²) in [6.45, 7) is 0. The van der Waals surface area contributed by atoms with Gasteiger partial charge in [-0.05, 0) is 40.1 Å². The summed E-state index contributed by atoms with van der Waals surface area (Å²) < 4.78 is 7.73. The molecular formula is C44H26N4OS. The molecule has 0 saturated heterocycles. The zero-order valence-electron chi connectivity index (χ0n) is 26.6. The minimum absolute atomic E-state index is 0.563. The van der Waals surface area contributed by atoms with E-state index in [0.29, 0.717) is 17.5 Å². The topological polar surface area (TPSA) is 64.7 Å². The third-order valence-corrected chi connectivity index (χ3v) is 10.2. The Kier molecular flexibility index (Phi) is 6.60. The summed E-state index contributed by atoms with van der Waals surface area (Å²) in [5, 5.41) is 5.29. The molecule has 10 rings (SSSR count). The Bertz CT molecular complexity index is 2860. The number of rotatable bonds is 5. The molecule has 234 valence electrons. The number of furan rings is 1. The van der Waals surface area contributed by atoms with Crippen LogP contribution in [0.5, 0.6) is 0 Å². The third-order valence-electron chi connectivity index (χ3n) is 9.16. The molecule has 0 saturated carbocycles. The lowest BCUT2D eigenvalue weighted by molar-refractivity contribution is 0.670. The van der Waals surface area contributed by atoms with Crippen molar-refractivity contribution in [2.24, 2.45) is 0 Å². The molecule has 0 atom stereocenters. The molecule has 0 unspecified atom stereocenters. The Balaban J connectivity index is 1.08. The van der Waals surface area contributed by atoms with Gasteiger partial charge < -0.3 is 4.42 Å². The smallest absolute Gasteiger partial charge is 0.167 e. The molecular weight excluding hydrogens is 633 g/mol. The van der Waals surface area contributed by atoms with Crippen molar-refractivity contribution in [3.8, 4) is 55.9 Å². The number of benzene rings is 7. The van der Waals surface area contributed by atoms with E-state index in [2.05, 4.69) is 97.1 Å². The second kappa shape index (κ2) is 11.6. The summed E-state index contributed by atoms with van der Waals surface area (Å²) in [6.07, 6.45) is 0. The molecule has 0 N–H and O–H groups in total. The van der Waals surface area contributed by atoms with Crippen LogP contribution in [0.2, 0.25) is 0 Å². The van der Waals surface area contributed by atoms with Gasteiger partial charge in [-0.15, -0.1) is 11.3 Å². The molecule has 3 heterocycles. The van der Waals surface area contributed by atoms with Gasteiger partial charge in [0, 0.05) is 33.5 Å². The van der Waals surface area contributed by atoms with E-state index in [1.165, 1.54) is 16.5 Å². The highest BCUT2D eigenvalue weighted by Crippen LogP contribution is 2.40. The van der Waals surface area contributed by atoms with Gasteiger partial charge in [0.1, 0.15) is 16.2 Å². The van der Waals surface area contributed by atoms with Crippen molar-refractivity contribution in [1.29, 1.82) is 0 Å². The van der Waals surface area contributed by atoms with Gasteiger partial charge in [-0.1, -0.05) is 133 Å². The lowest BCUT2D eigenvalue weighted by Crippen LogP contribution is -2.00. The van der Waals surface area contributed by atoms with Crippen LogP contribution in [-0.4, -0.2) is 19.9 Å². The van der Waals surface area contributed by atoms with Crippen molar-refractivity contribution in [3.63, 3.8) is 0 Å². The lowest BCUT2D eigenvalue weighted by Gasteiger charge is -2.09. The molecule has 7 aromatic carbocycles. The van der Waals surface area contributed by atoms with Crippen molar-refractivity contribution >= 4 is 54.3 Å². The standard InChI is InChI=1S/C44H26N4OS/c1-3-10-27(11-4-1)29-18-21-31(22-19-29)44-45-37-25-36-34-16-9-17-35(40(34)49-38(36)26-39(37)50-44)43-47-41(30-13-5-2-6-14-30)46-42(48-43)33-23-20-28-12-7-8-15-32(28)24-33/h1-26H. The van der Waals surface area contributed by atoms with E-state index in [-0.39, 0.29) is 0 Å². The molecule has 0 radical (unpaired) electrons. The van der Waals surface area contributed by atoms with Crippen LogP contribution >= 0.6 is 11.3 Å². The first kappa shape index (κ1) is 28.5. The quantitative estimate of drug-likeness (QED) is 0.184. The highest BCUT2D eigenvalue weighted by atomic mass is 32.1. The van der Waals surface area contributed by atoms with E-state index in [1.54, 1.807) is 11.3 Å². The van der Waals surface area contributed by atoms with Crippen LogP contribution in [0.3, 0.4) is 0 Å². The second-order valence-corrected chi connectivity index (χ2v) is 13.3. The van der Waals surface area contributed by atoms with Crippen LogP contribution in [0.1, 0.15) is 0 Å². The highest BCUT2D eigenvalue weighted by Gasteiger charge is 2.19. The first-order valence-electron chi connectivity index (χ1n) is 16.5. The van der Waals surface area contributed by atoms with Gasteiger partial charge in [-0.2, -0.15) is 0 Å². The number of aromatic nitrogens is 4. The summed E-state index contributed by atoms with van der Waals surface area (Å²) in [7, 11) is 0. The maximum atomic E-state index is 6.65. The minimum Gasteiger partial charge on any atom is -0.455 e. The van der Waals surface area contributed by atoms with Crippen molar-refractivity contribution in [3.05, 3.63) is 158 Å². The van der Waals surface area contributed by atoms with Crippen molar-refractivity contribution in [2.75, 3.05) is 0 Å².